The Morgan fingerprint density at radius 3 is 2.89 bits per heavy atom. The number of benzene rings is 1. The van der Waals surface area contributed by atoms with Crippen LogP contribution in [0.25, 0.3) is 6.08 Å². The van der Waals surface area contributed by atoms with Crippen LogP contribution in [0.2, 0.25) is 0 Å². The third-order valence-corrected chi connectivity index (χ3v) is 4.14. The van der Waals surface area contributed by atoms with E-state index in [1.54, 1.807) is 6.08 Å². The van der Waals surface area contributed by atoms with Crippen LogP contribution in [-0.2, 0) is 4.79 Å². The van der Waals surface area contributed by atoms with Crippen molar-refractivity contribution in [2.75, 3.05) is 11.4 Å². The second-order valence-corrected chi connectivity index (χ2v) is 5.77. The second-order valence-electron chi connectivity index (χ2n) is 4.92. The highest BCUT2D eigenvalue weighted by molar-refractivity contribution is 9.10. The predicted octanol–water partition coefficient (Wildman–Crippen LogP) is 3.93. The van der Waals surface area contributed by atoms with E-state index in [1.165, 1.54) is 24.9 Å². The number of hydrogen-bond donors (Lipinski definition) is 1. The standard InChI is InChI=1S/C15H18BrNO2/c1-11-4-2-3-9-17(11)14-7-5-12(10-13(14)16)6-8-15(18)19/h5-8,10-11H,2-4,9H2,1H3,(H,18,19)/b8-6+. The Hall–Kier alpha value is -1.29. The highest BCUT2D eigenvalue weighted by atomic mass is 79.9. The Morgan fingerprint density at radius 2 is 2.26 bits per heavy atom. The van der Waals surface area contributed by atoms with Gasteiger partial charge in [0.2, 0.25) is 0 Å². The van der Waals surface area contributed by atoms with Gasteiger partial charge in [0.15, 0.2) is 0 Å². The van der Waals surface area contributed by atoms with Crippen LogP contribution in [0.4, 0.5) is 5.69 Å². The topological polar surface area (TPSA) is 40.5 Å². The molecule has 0 spiro atoms. The second kappa shape index (κ2) is 6.24. The average molecular weight is 324 g/mol. The fourth-order valence-corrected chi connectivity index (χ4v) is 3.11. The zero-order valence-electron chi connectivity index (χ0n) is 11.0. The van der Waals surface area contributed by atoms with E-state index < -0.39 is 5.97 Å². The minimum absolute atomic E-state index is 0.561. The fourth-order valence-electron chi connectivity index (χ4n) is 2.48. The van der Waals surface area contributed by atoms with Gasteiger partial charge in [0.25, 0.3) is 0 Å². The smallest absolute Gasteiger partial charge is 0.328 e. The minimum Gasteiger partial charge on any atom is -0.478 e. The molecule has 1 atom stereocenters. The van der Waals surface area contributed by atoms with Crippen molar-refractivity contribution < 1.29 is 9.90 Å². The summed E-state index contributed by atoms with van der Waals surface area (Å²) in [6.07, 6.45) is 6.53. The van der Waals surface area contributed by atoms with Crippen LogP contribution in [0.5, 0.6) is 0 Å². The molecular weight excluding hydrogens is 306 g/mol. The Balaban J connectivity index is 2.21. The van der Waals surface area contributed by atoms with E-state index in [0.29, 0.717) is 6.04 Å². The zero-order chi connectivity index (χ0) is 13.8. The Labute approximate surface area is 122 Å². The number of carboxylic acids is 1. The summed E-state index contributed by atoms with van der Waals surface area (Å²) in [5, 5.41) is 8.63. The molecule has 1 saturated heterocycles. The maximum atomic E-state index is 10.5. The van der Waals surface area contributed by atoms with Gasteiger partial charge in [-0.05, 0) is 65.9 Å². The van der Waals surface area contributed by atoms with Crippen molar-refractivity contribution in [2.24, 2.45) is 0 Å². The van der Waals surface area contributed by atoms with Crippen molar-refractivity contribution in [1.82, 2.24) is 0 Å². The number of anilines is 1. The average Bonchev–Trinajstić information content (AvgIpc) is 2.38. The molecule has 0 aliphatic carbocycles. The van der Waals surface area contributed by atoms with Crippen LogP contribution in [0.3, 0.4) is 0 Å². The molecule has 1 aliphatic rings. The summed E-state index contributed by atoms with van der Waals surface area (Å²) in [6.45, 7) is 3.34. The first-order valence-corrected chi connectivity index (χ1v) is 7.34. The normalized spacial score (nSPS) is 19.9. The molecule has 1 N–H and O–H groups in total. The van der Waals surface area contributed by atoms with Crippen molar-refractivity contribution >= 4 is 33.7 Å². The lowest BCUT2D eigenvalue weighted by Crippen LogP contribution is -2.37. The van der Waals surface area contributed by atoms with Gasteiger partial charge in [-0.3, -0.25) is 0 Å². The van der Waals surface area contributed by atoms with Gasteiger partial charge < -0.3 is 10.0 Å². The Kier molecular flexibility index (Phi) is 4.64. The van der Waals surface area contributed by atoms with Gasteiger partial charge in [0.1, 0.15) is 0 Å². The van der Waals surface area contributed by atoms with Crippen molar-refractivity contribution in [3.8, 4) is 0 Å². The minimum atomic E-state index is -0.926. The van der Waals surface area contributed by atoms with Crippen molar-refractivity contribution in [3.63, 3.8) is 0 Å². The summed E-state index contributed by atoms with van der Waals surface area (Å²) in [4.78, 5) is 12.9. The van der Waals surface area contributed by atoms with Crippen molar-refractivity contribution in [3.05, 3.63) is 34.3 Å². The van der Waals surface area contributed by atoms with Gasteiger partial charge in [-0.15, -0.1) is 0 Å². The first-order valence-electron chi connectivity index (χ1n) is 6.55. The molecule has 1 aliphatic heterocycles. The zero-order valence-corrected chi connectivity index (χ0v) is 12.6. The van der Waals surface area contributed by atoms with Crippen LogP contribution in [0.15, 0.2) is 28.7 Å². The van der Waals surface area contributed by atoms with Crippen LogP contribution in [-0.4, -0.2) is 23.7 Å². The number of aliphatic carboxylic acids is 1. The first-order chi connectivity index (χ1) is 9.08. The van der Waals surface area contributed by atoms with E-state index in [4.69, 9.17) is 5.11 Å². The molecule has 3 nitrogen and oxygen atoms in total. The van der Waals surface area contributed by atoms with Gasteiger partial charge in [-0.25, -0.2) is 4.79 Å². The molecule has 102 valence electrons. The maximum Gasteiger partial charge on any atom is 0.328 e. The lowest BCUT2D eigenvalue weighted by molar-refractivity contribution is -0.131. The SMILES string of the molecule is CC1CCCCN1c1ccc(/C=C/C(=O)O)cc1Br. The molecule has 2 rings (SSSR count). The van der Waals surface area contributed by atoms with E-state index >= 15 is 0 Å². The van der Waals surface area contributed by atoms with Crippen molar-refractivity contribution in [2.45, 2.75) is 32.2 Å². The van der Waals surface area contributed by atoms with Crippen molar-refractivity contribution in [1.29, 1.82) is 0 Å². The Morgan fingerprint density at radius 1 is 1.47 bits per heavy atom. The lowest BCUT2D eigenvalue weighted by Gasteiger charge is -2.36. The fraction of sp³-hybridized carbons (Fsp3) is 0.400. The number of carboxylic acid groups (broad SMARTS) is 1. The van der Waals surface area contributed by atoms with E-state index in [0.717, 1.165) is 22.7 Å². The molecule has 1 aromatic carbocycles. The molecule has 0 saturated carbocycles. The summed E-state index contributed by atoms with van der Waals surface area (Å²) in [5.74, 6) is -0.926. The maximum absolute atomic E-state index is 10.5. The quantitative estimate of drug-likeness (QED) is 0.857. The molecule has 0 aromatic heterocycles. The van der Waals surface area contributed by atoms with Gasteiger partial charge in [-0.2, -0.15) is 0 Å². The van der Waals surface area contributed by atoms with Gasteiger partial charge >= 0.3 is 5.97 Å². The monoisotopic (exact) mass is 323 g/mol. The summed E-state index contributed by atoms with van der Waals surface area (Å²) in [5.41, 5.74) is 2.09. The van der Waals surface area contributed by atoms with E-state index in [9.17, 15) is 4.79 Å². The molecule has 1 aromatic rings. The predicted molar refractivity (Wildman–Crippen MR) is 81.5 cm³/mol. The molecule has 0 radical (unpaired) electrons. The third-order valence-electron chi connectivity index (χ3n) is 3.50. The molecule has 1 fully saturated rings. The lowest BCUT2D eigenvalue weighted by atomic mass is 10.0. The van der Waals surface area contributed by atoms with Crippen LogP contribution in [0, 0.1) is 0 Å². The van der Waals surface area contributed by atoms with Gasteiger partial charge in [-0.1, -0.05) is 6.07 Å². The van der Waals surface area contributed by atoms with Crippen LogP contribution < -0.4 is 4.90 Å². The molecule has 19 heavy (non-hydrogen) atoms. The van der Waals surface area contributed by atoms with E-state index in [2.05, 4.69) is 33.8 Å². The summed E-state index contributed by atoms with van der Waals surface area (Å²) >= 11 is 3.59. The summed E-state index contributed by atoms with van der Waals surface area (Å²) in [7, 11) is 0. The third kappa shape index (κ3) is 3.60. The molecule has 4 heteroatoms. The number of halogens is 1. The molecule has 1 unspecified atom stereocenters. The van der Waals surface area contributed by atoms with E-state index in [1.807, 2.05) is 12.1 Å². The summed E-state index contributed by atoms with van der Waals surface area (Å²) < 4.78 is 1.02. The highest BCUT2D eigenvalue weighted by Crippen LogP contribution is 2.32. The number of rotatable bonds is 3. The number of nitrogens with zero attached hydrogens (tertiary/aromatic N) is 1. The van der Waals surface area contributed by atoms with Gasteiger partial charge in [0.05, 0.1) is 5.69 Å². The largest absolute Gasteiger partial charge is 0.478 e. The molecular formula is C15H18BrNO2. The van der Waals surface area contributed by atoms with Gasteiger partial charge in [0, 0.05) is 23.1 Å². The summed E-state index contributed by atoms with van der Waals surface area (Å²) in [6, 6.07) is 6.55. The van der Waals surface area contributed by atoms with Crippen LogP contribution in [0.1, 0.15) is 31.7 Å². The molecule has 0 bridgehead atoms. The number of hydrogen-bond acceptors (Lipinski definition) is 2. The highest BCUT2D eigenvalue weighted by Gasteiger charge is 2.20. The van der Waals surface area contributed by atoms with E-state index in [-0.39, 0.29) is 0 Å². The molecule has 1 heterocycles. The number of carbonyl (C=O) groups is 1. The Bertz CT molecular complexity index is 499. The van der Waals surface area contributed by atoms with Crippen LogP contribution >= 0.6 is 15.9 Å². The molecule has 0 amide bonds. The first kappa shape index (κ1) is 14.1. The number of piperidine rings is 1.